The normalized spacial score (nSPS) is 7.00. The van der Waals surface area contributed by atoms with Gasteiger partial charge in [0.15, 0.2) is 5.11 Å². The number of thiocarbonyl (C=S) groups is 1. The van der Waals surface area contributed by atoms with Gasteiger partial charge in [0.25, 0.3) is 0 Å². The fraction of sp³-hybridized carbons (Fsp3) is 0. The molecule has 0 aromatic heterocycles. The molecule has 0 aliphatic rings. The van der Waals surface area contributed by atoms with Crippen molar-refractivity contribution < 1.29 is 0 Å². The molecule has 0 aliphatic carbocycles. The average Bonchev–Trinajstić information content (AvgIpc) is 1.68. The van der Waals surface area contributed by atoms with Crippen LogP contribution >= 0.6 is 12.2 Å². The molecular formula is C5H8N2S. The van der Waals surface area contributed by atoms with E-state index in [1.165, 1.54) is 12.4 Å². The standard InChI is InChI=1S/C5H8N2S/c1-3-6-5(8)7-4-2/h3-4H,1-2H2,(H2,6,7,8). The zero-order valence-electron chi connectivity index (χ0n) is 4.48. The molecule has 0 saturated carbocycles. The number of hydrogen-bond donors (Lipinski definition) is 2. The molecule has 0 bridgehead atoms. The summed E-state index contributed by atoms with van der Waals surface area (Å²) in [6, 6.07) is 0. The van der Waals surface area contributed by atoms with Crippen molar-refractivity contribution in [2.24, 2.45) is 0 Å². The first-order chi connectivity index (χ1) is 3.81. The summed E-state index contributed by atoms with van der Waals surface area (Å²) in [5, 5.41) is 5.83. The maximum Gasteiger partial charge on any atom is 0.174 e. The van der Waals surface area contributed by atoms with E-state index < -0.39 is 0 Å². The van der Waals surface area contributed by atoms with Crippen molar-refractivity contribution in [1.29, 1.82) is 0 Å². The van der Waals surface area contributed by atoms with Crippen molar-refractivity contribution in [3.63, 3.8) is 0 Å². The van der Waals surface area contributed by atoms with Gasteiger partial charge in [-0.25, -0.2) is 0 Å². The fourth-order valence-electron chi connectivity index (χ4n) is 0.227. The lowest BCUT2D eigenvalue weighted by Crippen LogP contribution is -2.26. The number of nitrogens with one attached hydrogen (secondary N) is 2. The van der Waals surface area contributed by atoms with E-state index in [1.807, 2.05) is 0 Å². The topological polar surface area (TPSA) is 24.1 Å². The zero-order valence-corrected chi connectivity index (χ0v) is 5.29. The van der Waals surface area contributed by atoms with E-state index in [1.54, 1.807) is 0 Å². The Hall–Kier alpha value is -0.830. The maximum atomic E-state index is 4.69. The molecule has 0 aromatic carbocycles. The third kappa shape index (κ3) is 3.36. The Bertz CT molecular complexity index is 97.0. The Morgan fingerprint density at radius 2 is 1.62 bits per heavy atom. The molecular weight excluding hydrogens is 120 g/mol. The summed E-state index contributed by atoms with van der Waals surface area (Å²) in [7, 11) is 0. The van der Waals surface area contributed by atoms with Gasteiger partial charge in [0.05, 0.1) is 0 Å². The van der Waals surface area contributed by atoms with Gasteiger partial charge in [0.1, 0.15) is 0 Å². The summed E-state index contributed by atoms with van der Waals surface area (Å²) >= 11 is 4.69. The van der Waals surface area contributed by atoms with Crippen molar-refractivity contribution in [3.05, 3.63) is 25.6 Å². The van der Waals surface area contributed by atoms with Crippen LogP contribution in [0.5, 0.6) is 0 Å². The second-order valence-electron chi connectivity index (χ2n) is 1.03. The molecule has 8 heavy (non-hydrogen) atoms. The van der Waals surface area contributed by atoms with Crippen LogP contribution < -0.4 is 10.6 Å². The van der Waals surface area contributed by atoms with Gasteiger partial charge in [-0.05, 0) is 24.6 Å². The minimum Gasteiger partial charge on any atom is -0.340 e. The fourth-order valence-corrected chi connectivity index (χ4v) is 0.394. The van der Waals surface area contributed by atoms with E-state index in [-0.39, 0.29) is 0 Å². The third-order valence-corrected chi connectivity index (χ3v) is 0.702. The van der Waals surface area contributed by atoms with Crippen LogP contribution in [0, 0.1) is 0 Å². The first-order valence-corrected chi connectivity index (χ1v) is 2.51. The molecule has 0 fully saturated rings. The lowest BCUT2D eigenvalue weighted by atomic mass is 10.9. The Labute approximate surface area is 54.3 Å². The van der Waals surface area contributed by atoms with Crippen molar-refractivity contribution >= 4 is 17.3 Å². The molecule has 0 saturated heterocycles. The quantitative estimate of drug-likeness (QED) is 0.536. The monoisotopic (exact) mass is 128 g/mol. The van der Waals surface area contributed by atoms with Crippen molar-refractivity contribution in [1.82, 2.24) is 10.6 Å². The summed E-state index contributed by atoms with van der Waals surface area (Å²) < 4.78 is 0. The Balaban J connectivity index is 3.32. The second-order valence-corrected chi connectivity index (χ2v) is 1.43. The first kappa shape index (κ1) is 7.17. The molecule has 0 unspecified atom stereocenters. The highest BCUT2D eigenvalue weighted by molar-refractivity contribution is 7.80. The van der Waals surface area contributed by atoms with Gasteiger partial charge in [-0.1, -0.05) is 13.2 Å². The van der Waals surface area contributed by atoms with Crippen LogP contribution in [-0.4, -0.2) is 5.11 Å². The highest BCUT2D eigenvalue weighted by Gasteiger charge is 1.80. The highest BCUT2D eigenvalue weighted by atomic mass is 32.1. The van der Waals surface area contributed by atoms with E-state index in [9.17, 15) is 0 Å². The van der Waals surface area contributed by atoms with E-state index in [2.05, 4.69) is 36.0 Å². The predicted octanol–water partition coefficient (Wildman–Crippen LogP) is 0.738. The molecule has 0 spiro atoms. The van der Waals surface area contributed by atoms with Gasteiger partial charge in [-0.3, -0.25) is 0 Å². The first-order valence-electron chi connectivity index (χ1n) is 2.10. The van der Waals surface area contributed by atoms with Crippen LogP contribution in [0.1, 0.15) is 0 Å². The molecule has 0 heterocycles. The van der Waals surface area contributed by atoms with Gasteiger partial charge in [-0.2, -0.15) is 0 Å². The second kappa shape index (κ2) is 4.33. The molecule has 0 amide bonds. The van der Waals surface area contributed by atoms with E-state index in [0.29, 0.717) is 5.11 Å². The molecule has 0 atom stereocenters. The van der Waals surface area contributed by atoms with Crippen LogP contribution in [-0.2, 0) is 0 Å². The van der Waals surface area contributed by atoms with Crippen LogP contribution in [0.25, 0.3) is 0 Å². The van der Waals surface area contributed by atoms with E-state index >= 15 is 0 Å². The SMILES string of the molecule is C=CNC(=S)NC=C. The van der Waals surface area contributed by atoms with Crippen LogP contribution in [0.4, 0.5) is 0 Å². The summed E-state index contributed by atoms with van der Waals surface area (Å²) in [5.41, 5.74) is 0. The van der Waals surface area contributed by atoms with Gasteiger partial charge < -0.3 is 10.6 Å². The summed E-state index contributed by atoms with van der Waals surface area (Å²) in [6.07, 6.45) is 3.00. The molecule has 0 aromatic rings. The van der Waals surface area contributed by atoms with Crippen LogP contribution in [0.15, 0.2) is 25.6 Å². The molecule has 0 rings (SSSR count). The van der Waals surface area contributed by atoms with Gasteiger partial charge in [0, 0.05) is 0 Å². The number of rotatable bonds is 2. The minimum absolute atomic E-state index is 0.509. The minimum atomic E-state index is 0.509. The predicted molar refractivity (Wildman–Crippen MR) is 39.3 cm³/mol. The average molecular weight is 128 g/mol. The van der Waals surface area contributed by atoms with E-state index in [0.717, 1.165) is 0 Å². The zero-order chi connectivity index (χ0) is 6.41. The van der Waals surface area contributed by atoms with Crippen LogP contribution in [0.2, 0.25) is 0 Å². The maximum absolute atomic E-state index is 4.69. The highest BCUT2D eigenvalue weighted by Crippen LogP contribution is 1.63. The van der Waals surface area contributed by atoms with Gasteiger partial charge in [0.2, 0.25) is 0 Å². The van der Waals surface area contributed by atoms with Gasteiger partial charge >= 0.3 is 0 Å². The van der Waals surface area contributed by atoms with Crippen molar-refractivity contribution in [2.75, 3.05) is 0 Å². The Morgan fingerprint density at radius 1 is 1.25 bits per heavy atom. The van der Waals surface area contributed by atoms with Crippen molar-refractivity contribution in [3.8, 4) is 0 Å². The molecule has 0 aliphatic heterocycles. The van der Waals surface area contributed by atoms with E-state index in [4.69, 9.17) is 0 Å². The Kier molecular flexibility index (Phi) is 3.88. The Morgan fingerprint density at radius 3 is 1.88 bits per heavy atom. The smallest absolute Gasteiger partial charge is 0.174 e. The lowest BCUT2D eigenvalue weighted by molar-refractivity contribution is 1.17. The molecule has 0 radical (unpaired) electrons. The molecule has 2 N–H and O–H groups in total. The molecule has 3 heteroatoms. The van der Waals surface area contributed by atoms with Crippen molar-refractivity contribution in [2.45, 2.75) is 0 Å². The molecule has 2 nitrogen and oxygen atoms in total. The molecule has 44 valence electrons. The lowest BCUT2D eigenvalue weighted by Gasteiger charge is -1.98. The van der Waals surface area contributed by atoms with Gasteiger partial charge in [-0.15, -0.1) is 0 Å². The number of hydrogen-bond acceptors (Lipinski definition) is 1. The summed E-state index contributed by atoms with van der Waals surface area (Å²) in [5.74, 6) is 0. The third-order valence-electron chi connectivity index (χ3n) is 0.466. The summed E-state index contributed by atoms with van der Waals surface area (Å²) in [6.45, 7) is 6.82. The largest absolute Gasteiger partial charge is 0.340 e. The van der Waals surface area contributed by atoms with Crippen LogP contribution in [0.3, 0.4) is 0 Å². The summed E-state index contributed by atoms with van der Waals surface area (Å²) in [4.78, 5) is 0.